The molecule has 19 heavy (non-hydrogen) atoms. The van der Waals surface area contributed by atoms with E-state index in [9.17, 15) is 13.2 Å². The van der Waals surface area contributed by atoms with Crippen molar-refractivity contribution < 1.29 is 17.9 Å². The van der Waals surface area contributed by atoms with E-state index < -0.39 is 6.36 Å². The van der Waals surface area contributed by atoms with Gasteiger partial charge in [0.2, 0.25) is 0 Å². The van der Waals surface area contributed by atoms with Gasteiger partial charge in [-0.2, -0.15) is 0 Å². The summed E-state index contributed by atoms with van der Waals surface area (Å²) in [6.45, 7) is 0. The van der Waals surface area contributed by atoms with E-state index in [1.807, 2.05) is 6.07 Å². The summed E-state index contributed by atoms with van der Waals surface area (Å²) in [6.07, 6.45) is 0.927. The van der Waals surface area contributed by atoms with Crippen molar-refractivity contribution >= 4 is 15.9 Å². The molecule has 0 saturated heterocycles. The summed E-state index contributed by atoms with van der Waals surface area (Å²) in [5, 5.41) is 0. The predicted molar refractivity (Wildman–Crippen MR) is 71.7 cm³/mol. The van der Waals surface area contributed by atoms with Crippen molar-refractivity contribution in [1.29, 1.82) is 0 Å². The van der Waals surface area contributed by atoms with Crippen LogP contribution in [0.1, 0.15) is 43.6 Å². The number of halogens is 4. The molecule has 0 N–H and O–H groups in total. The Morgan fingerprint density at radius 2 is 1.84 bits per heavy atom. The van der Waals surface area contributed by atoms with Crippen molar-refractivity contribution in [2.45, 2.75) is 49.2 Å². The molecule has 1 aliphatic carbocycles. The number of hydrogen-bond donors (Lipinski definition) is 0. The highest BCUT2D eigenvalue weighted by atomic mass is 79.9. The van der Waals surface area contributed by atoms with E-state index in [2.05, 4.69) is 20.7 Å². The highest BCUT2D eigenvalue weighted by Crippen LogP contribution is 2.37. The van der Waals surface area contributed by atoms with Crippen LogP contribution in [0, 0.1) is 0 Å². The van der Waals surface area contributed by atoms with Gasteiger partial charge >= 0.3 is 6.36 Å². The Kier molecular flexibility index (Phi) is 4.76. The van der Waals surface area contributed by atoms with Gasteiger partial charge < -0.3 is 4.74 Å². The average Bonchev–Trinajstić information content (AvgIpc) is 2.52. The molecule has 1 fully saturated rings. The Morgan fingerprint density at radius 1 is 1.11 bits per heavy atom. The van der Waals surface area contributed by atoms with Crippen LogP contribution in [0.25, 0.3) is 0 Å². The average molecular weight is 337 g/mol. The lowest BCUT2D eigenvalue weighted by atomic mass is 9.91. The summed E-state index contributed by atoms with van der Waals surface area (Å²) in [7, 11) is 0. The molecule has 1 nitrogen and oxygen atoms in total. The topological polar surface area (TPSA) is 9.23 Å². The Hall–Kier alpha value is -0.710. The highest BCUT2D eigenvalue weighted by molar-refractivity contribution is 9.09. The fourth-order valence-electron chi connectivity index (χ4n) is 2.58. The third-order valence-corrected chi connectivity index (χ3v) is 4.55. The van der Waals surface area contributed by atoms with Crippen LogP contribution in [-0.4, -0.2) is 11.2 Å². The molecule has 106 valence electrons. The molecule has 0 aromatic heterocycles. The first-order valence-corrected chi connectivity index (χ1v) is 7.37. The van der Waals surface area contributed by atoms with Crippen LogP contribution in [0.4, 0.5) is 13.2 Å². The summed E-state index contributed by atoms with van der Waals surface area (Å²) >= 11 is 3.66. The first-order valence-electron chi connectivity index (χ1n) is 6.45. The molecule has 2 atom stereocenters. The van der Waals surface area contributed by atoms with Gasteiger partial charge in [0.1, 0.15) is 5.75 Å². The fourth-order valence-corrected chi connectivity index (χ4v) is 3.47. The first kappa shape index (κ1) is 14.7. The van der Waals surface area contributed by atoms with E-state index >= 15 is 0 Å². The van der Waals surface area contributed by atoms with Crippen LogP contribution in [0.15, 0.2) is 24.3 Å². The van der Waals surface area contributed by atoms with E-state index in [1.165, 1.54) is 25.0 Å². The summed E-state index contributed by atoms with van der Waals surface area (Å²) < 4.78 is 40.7. The quantitative estimate of drug-likeness (QED) is 0.519. The van der Waals surface area contributed by atoms with Crippen molar-refractivity contribution in [3.05, 3.63) is 29.8 Å². The second-order valence-corrected chi connectivity index (χ2v) is 6.06. The van der Waals surface area contributed by atoms with E-state index in [-0.39, 0.29) is 11.7 Å². The molecule has 5 heteroatoms. The maximum atomic E-state index is 12.2. The van der Waals surface area contributed by atoms with Gasteiger partial charge in [0.25, 0.3) is 0 Å². The maximum absolute atomic E-state index is 12.2. The van der Waals surface area contributed by atoms with Crippen LogP contribution >= 0.6 is 15.9 Å². The molecular formula is C14H16BrF3O. The molecule has 1 aromatic carbocycles. The van der Waals surface area contributed by atoms with Crippen LogP contribution in [-0.2, 0) is 0 Å². The van der Waals surface area contributed by atoms with E-state index in [0.717, 1.165) is 24.8 Å². The van der Waals surface area contributed by atoms with Crippen molar-refractivity contribution in [3.8, 4) is 5.75 Å². The van der Waals surface area contributed by atoms with E-state index in [1.54, 1.807) is 6.07 Å². The molecular weight excluding hydrogens is 321 g/mol. The Balaban J connectivity index is 2.17. The monoisotopic (exact) mass is 336 g/mol. The molecule has 1 saturated carbocycles. The van der Waals surface area contributed by atoms with Crippen LogP contribution < -0.4 is 4.74 Å². The largest absolute Gasteiger partial charge is 0.573 e. The molecule has 0 radical (unpaired) electrons. The Labute approximate surface area is 119 Å². The summed E-state index contributed by atoms with van der Waals surface area (Å²) in [4.78, 5) is 0.330. The molecule has 2 rings (SSSR count). The zero-order chi connectivity index (χ0) is 13.9. The molecule has 1 aliphatic rings. The van der Waals surface area contributed by atoms with Gasteiger partial charge in [-0.05, 0) is 36.5 Å². The highest BCUT2D eigenvalue weighted by Gasteiger charge is 2.31. The lowest BCUT2D eigenvalue weighted by Crippen LogP contribution is -2.17. The third-order valence-electron chi connectivity index (χ3n) is 3.45. The Morgan fingerprint density at radius 3 is 2.58 bits per heavy atom. The minimum absolute atomic E-state index is 0.131. The zero-order valence-electron chi connectivity index (χ0n) is 10.4. The summed E-state index contributed by atoms with van der Waals surface area (Å²) in [6, 6.07) is 6.36. The minimum atomic E-state index is -4.63. The van der Waals surface area contributed by atoms with Gasteiger partial charge in [-0.1, -0.05) is 47.3 Å². The fraction of sp³-hybridized carbons (Fsp3) is 0.571. The second kappa shape index (κ2) is 6.16. The standard InChI is InChI=1S/C14H16BrF3O/c15-13-8-3-1-2-7-12(13)10-5-4-6-11(9-10)19-14(16,17)18/h4-6,9,12-13H,1-3,7-8H2. The van der Waals surface area contributed by atoms with E-state index in [4.69, 9.17) is 0 Å². The minimum Gasteiger partial charge on any atom is -0.406 e. The van der Waals surface area contributed by atoms with Crippen molar-refractivity contribution in [2.75, 3.05) is 0 Å². The number of benzene rings is 1. The maximum Gasteiger partial charge on any atom is 0.573 e. The van der Waals surface area contributed by atoms with Gasteiger partial charge in [-0.25, -0.2) is 0 Å². The summed E-state index contributed by atoms with van der Waals surface area (Å²) in [5.41, 5.74) is 0.922. The van der Waals surface area contributed by atoms with Gasteiger partial charge in [-0.15, -0.1) is 13.2 Å². The molecule has 0 aliphatic heterocycles. The lowest BCUT2D eigenvalue weighted by Gasteiger charge is -2.21. The number of ether oxygens (including phenoxy) is 1. The van der Waals surface area contributed by atoms with Crippen molar-refractivity contribution in [2.24, 2.45) is 0 Å². The van der Waals surface area contributed by atoms with Gasteiger partial charge in [0.05, 0.1) is 0 Å². The number of rotatable bonds is 2. The molecule has 0 heterocycles. The molecule has 2 unspecified atom stereocenters. The Bertz CT molecular complexity index is 419. The number of hydrogen-bond acceptors (Lipinski definition) is 1. The van der Waals surface area contributed by atoms with Crippen LogP contribution in [0.5, 0.6) is 5.75 Å². The normalized spacial score (nSPS) is 24.8. The molecule has 0 amide bonds. The van der Waals surface area contributed by atoms with Crippen molar-refractivity contribution in [1.82, 2.24) is 0 Å². The SMILES string of the molecule is FC(F)(F)Oc1cccc(C2CCCCCC2Br)c1. The lowest BCUT2D eigenvalue weighted by molar-refractivity contribution is -0.274. The van der Waals surface area contributed by atoms with E-state index in [0.29, 0.717) is 4.83 Å². The van der Waals surface area contributed by atoms with Gasteiger partial charge in [0, 0.05) is 4.83 Å². The predicted octanol–water partition coefficient (Wildman–Crippen LogP) is 5.40. The summed E-state index contributed by atoms with van der Waals surface area (Å²) in [5.74, 6) is 0.133. The molecule has 1 aromatic rings. The molecule has 0 bridgehead atoms. The van der Waals surface area contributed by atoms with Crippen LogP contribution in [0.3, 0.4) is 0 Å². The zero-order valence-corrected chi connectivity index (χ0v) is 12.0. The van der Waals surface area contributed by atoms with Gasteiger partial charge in [0.15, 0.2) is 0 Å². The number of alkyl halides is 4. The smallest absolute Gasteiger partial charge is 0.406 e. The van der Waals surface area contributed by atoms with Crippen molar-refractivity contribution in [3.63, 3.8) is 0 Å². The first-order chi connectivity index (χ1) is 8.96. The van der Waals surface area contributed by atoms with Crippen LogP contribution in [0.2, 0.25) is 0 Å². The third kappa shape index (κ3) is 4.41. The molecule has 0 spiro atoms. The van der Waals surface area contributed by atoms with Gasteiger partial charge in [-0.3, -0.25) is 0 Å². The second-order valence-electron chi connectivity index (χ2n) is 4.88.